The Morgan fingerprint density at radius 3 is 2.60 bits per heavy atom. The van der Waals surface area contributed by atoms with E-state index in [1.807, 2.05) is 12.1 Å². The summed E-state index contributed by atoms with van der Waals surface area (Å²) < 4.78 is 5.39. The molecule has 10 heteroatoms. The van der Waals surface area contributed by atoms with Crippen LogP contribution < -0.4 is 11.1 Å². The van der Waals surface area contributed by atoms with E-state index in [0.717, 1.165) is 17.5 Å². The number of primary amides is 1. The van der Waals surface area contributed by atoms with Gasteiger partial charge in [-0.3, -0.25) is 14.4 Å². The molecule has 5 N–H and O–H groups in total. The number of nitrogens with two attached hydrogens (primary N) is 1. The SMILES string of the molecule is CC(C)(C)OC(=O)N[C@H]1C[C@@H](O)CC[C@@H]1Cc1ccc2c(c1)CN([C@@H](CCC(=O)O)C(N)=O)C2=O. The van der Waals surface area contributed by atoms with Crippen LogP contribution in [0, 0.1) is 5.92 Å². The van der Waals surface area contributed by atoms with Crippen LogP contribution in [0.15, 0.2) is 18.2 Å². The van der Waals surface area contributed by atoms with Gasteiger partial charge in [0.05, 0.1) is 6.10 Å². The Hall–Kier alpha value is -3.14. The Bertz CT molecular complexity index is 988. The van der Waals surface area contributed by atoms with Crippen molar-refractivity contribution in [3.05, 3.63) is 34.9 Å². The van der Waals surface area contributed by atoms with E-state index >= 15 is 0 Å². The molecule has 0 unspecified atom stereocenters. The number of carbonyl (C=O) groups is 4. The van der Waals surface area contributed by atoms with Gasteiger partial charge < -0.3 is 30.9 Å². The molecule has 35 heavy (non-hydrogen) atoms. The van der Waals surface area contributed by atoms with E-state index in [2.05, 4.69) is 5.32 Å². The van der Waals surface area contributed by atoms with Crippen molar-refractivity contribution in [1.82, 2.24) is 10.2 Å². The van der Waals surface area contributed by atoms with E-state index in [4.69, 9.17) is 15.6 Å². The van der Waals surface area contributed by atoms with Gasteiger partial charge in [0.15, 0.2) is 0 Å². The number of carbonyl (C=O) groups excluding carboxylic acids is 3. The molecule has 192 valence electrons. The predicted octanol–water partition coefficient (Wildman–Crippen LogP) is 1.96. The van der Waals surface area contributed by atoms with Crippen LogP contribution in [-0.4, -0.2) is 62.8 Å². The Kier molecular flexibility index (Phi) is 8.04. The summed E-state index contributed by atoms with van der Waals surface area (Å²) in [4.78, 5) is 49.5. The highest BCUT2D eigenvalue weighted by atomic mass is 16.6. The normalized spacial score (nSPS) is 22.9. The molecule has 1 aromatic rings. The van der Waals surface area contributed by atoms with E-state index in [9.17, 15) is 24.3 Å². The molecule has 3 amide bonds. The molecule has 4 atom stereocenters. The zero-order valence-electron chi connectivity index (χ0n) is 20.5. The first-order chi connectivity index (χ1) is 16.3. The number of hydrogen-bond acceptors (Lipinski definition) is 6. The minimum absolute atomic E-state index is 0.0420. The van der Waals surface area contributed by atoms with Gasteiger partial charge in [-0.05, 0) is 76.0 Å². The second kappa shape index (κ2) is 10.6. The van der Waals surface area contributed by atoms with Gasteiger partial charge in [-0.15, -0.1) is 0 Å². The average Bonchev–Trinajstić information content (AvgIpc) is 3.04. The number of ether oxygens (including phenoxy) is 1. The number of rotatable bonds is 8. The standard InChI is InChI=1S/C25H35N3O7/c1-25(2,3)35-24(34)27-19-12-17(29)6-5-15(19)10-14-4-7-18-16(11-14)13-28(23(18)33)20(22(26)32)8-9-21(30)31/h4,7,11,15,17,19-20,29H,5-6,8-10,12-13H2,1-3H3,(H2,26,32)(H,27,34)(H,30,31)/t15-,17+,19+,20+/m1/s1. The van der Waals surface area contributed by atoms with Crippen LogP contribution in [0.5, 0.6) is 0 Å². The second-order valence-electron chi connectivity index (χ2n) is 10.5. The summed E-state index contributed by atoms with van der Waals surface area (Å²) in [6.07, 6.45) is 1.11. The number of aliphatic hydroxyl groups excluding tert-OH is 1. The molecule has 3 rings (SSSR count). The van der Waals surface area contributed by atoms with Crippen LogP contribution >= 0.6 is 0 Å². The maximum atomic E-state index is 12.9. The fourth-order valence-corrected chi connectivity index (χ4v) is 4.88. The smallest absolute Gasteiger partial charge is 0.407 e. The van der Waals surface area contributed by atoms with E-state index in [-0.39, 0.29) is 37.3 Å². The van der Waals surface area contributed by atoms with Crippen molar-refractivity contribution in [2.45, 2.75) is 89.6 Å². The summed E-state index contributed by atoms with van der Waals surface area (Å²) in [5.74, 6) is -2.06. The molecule has 1 aliphatic carbocycles. The number of amides is 3. The number of hydrogen-bond donors (Lipinski definition) is 4. The molecule has 10 nitrogen and oxygen atoms in total. The van der Waals surface area contributed by atoms with Crippen LogP contribution in [-0.2, 0) is 27.3 Å². The lowest BCUT2D eigenvalue weighted by atomic mass is 9.79. The van der Waals surface area contributed by atoms with Crippen LogP contribution in [0.25, 0.3) is 0 Å². The molecule has 0 bridgehead atoms. The number of aliphatic carboxylic acids is 1. The molecule has 1 fully saturated rings. The van der Waals surface area contributed by atoms with Gasteiger partial charge in [0, 0.05) is 24.6 Å². The van der Waals surface area contributed by atoms with Gasteiger partial charge in [-0.2, -0.15) is 0 Å². The van der Waals surface area contributed by atoms with Gasteiger partial charge in [-0.25, -0.2) is 4.79 Å². The monoisotopic (exact) mass is 489 g/mol. The molecule has 2 aliphatic rings. The fraction of sp³-hybridized carbons (Fsp3) is 0.600. The minimum atomic E-state index is -1.06. The van der Waals surface area contributed by atoms with Crippen molar-refractivity contribution in [3.63, 3.8) is 0 Å². The molecular formula is C25H35N3O7. The number of carboxylic acids is 1. The maximum absolute atomic E-state index is 12.9. The third kappa shape index (κ3) is 6.94. The predicted molar refractivity (Wildman–Crippen MR) is 126 cm³/mol. The second-order valence-corrected chi connectivity index (χ2v) is 10.5. The Morgan fingerprint density at radius 2 is 1.97 bits per heavy atom. The van der Waals surface area contributed by atoms with Gasteiger partial charge in [0.2, 0.25) is 5.91 Å². The van der Waals surface area contributed by atoms with E-state index in [1.54, 1.807) is 26.8 Å². The highest BCUT2D eigenvalue weighted by molar-refractivity contribution is 6.01. The van der Waals surface area contributed by atoms with Crippen molar-refractivity contribution in [2.24, 2.45) is 11.7 Å². The lowest BCUT2D eigenvalue weighted by Crippen LogP contribution is -2.47. The van der Waals surface area contributed by atoms with Gasteiger partial charge >= 0.3 is 12.1 Å². The van der Waals surface area contributed by atoms with Crippen LogP contribution in [0.4, 0.5) is 4.79 Å². The minimum Gasteiger partial charge on any atom is -0.481 e. The molecule has 1 aliphatic heterocycles. The first-order valence-corrected chi connectivity index (χ1v) is 12.0. The third-order valence-corrected chi connectivity index (χ3v) is 6.50. The average molecular weight is 490 g/mol. The van der Waals surface area contributed by atoms with E-state index in [0.29, 0.717) is 24.8 Å². The maximum Gasteiger partial charge on any atom is 0.407 e. The van der Waals surface area contributed by atoms with Crippen molar-refractivity contribution < 1.29 is 34.1 Å². The zero-order chi connectivity index (χ0) is 25.9. The summed E-state index contributed by atoms with van der Waals surface area (Å²) in [7, 11) is 0. The van der Waals surface area contributed by atoms with Crippen molar-refractivity contribution in [3.8, 4) is 0 Å². The zero-order valence-corrected chi connectivity index (χ0v) is 20.5. The first kappa shape index (κ1) is 26.5. The lowest BCUT2D eigenvalue weighted by molar-refractivity contribution is -0.137. The van der Waals surface area contributed by atoms with Gasteiger partial charge in [0.1, 0.15) is 11.6 Å². The van der Waals surface area contributed by atoms with Crippen LogP contribution in [0.3, 0.4) is 0 Å². The van der Waals surface area contributed by atoms with Gasteiger partial charge in [0.25, 0.3) is 5.91 Å². The van der Waals surface area contributed by atoms with Crippen LogP contribution in [0.2, 0.25) is 0 Å². The molecular weight excluding hydrogens is 454 g/mol. The quantitative estimate of drug-likeness (QED) is 0.434. The molecule has 1 heterocycles. The van der Waals surface area contributed by atoms with E-state index < -0.39 is 35.7 Å². The number of fused-ring (bicyclic) bond motifs is 1. The number of aliphatic hydroxyl groups is 1. The summed E-state index contributed by atoms with van der Waals surface area (Å²) in [6, 6.07) is 4.24. The molecule has 0 aromatic heterocycles. The fourth-order valence-electron chi connectivity index (χ4n) is 4.88. The summed E-state index contributed by atoms with van der Waals surface area (Å²) in [6.45, 7) is 5.55. The first-order valence-electron chi connectivity index (χ1n) is 12.0. The topological polar surface area (TPSA) is 159 Å². The molecule has 1 saturated carbocycles. The summed E-state index contributed by atoms with van der Waals surface area (Å²) >= 11 is 0. The summed E-state index contributed by atoms with van der Waals surface area (Å²) in [5, 5.41) is 22.0. The number of carboxylic acid groups (broad SMARTS) is 1. The number of nitrogens with zero attached hydrogens (tertiary/aromatic N) is 1. The van der Waals surface area contributed by atoms with E-state index in [1.165, 1.54) is 4.90 Å². The number of benzene rings is 1. The number of nitrogens with one attached hydrogen (secondary N) is 1. The highest BCUT2D eigenvalue weighted by Gasteiger charge is 2.36. The molecule has 0 spiro atoms. The molecule has 0 radical (unpaired) electrons. The third-order valence-electron chi connectivity index (χ3n) is 6.50. The van der Waals surface area contributed by atoms with Crippen molar-refractivity contribution in [1.29, 1.82) is 0 Å². The number of alkyl carbamates (subject to hydrolysis) is 1. The largest absolute Gasteiger partial charge is 0.481 e. The summed E-state index contributed by atoms with van der Waals surface area (Å²) in [5.41, 5.74) is 7.03. The Morgan fingerprint density at radius 1 is 1.26 bits per heavy atom. The van der Waals surface area contributed by atoms with Crippen molar-refractivity contribution >= 4 is 23.9 Å². The lowest BCUT2D eigenvalue weighted by Gasteiger charge is -2.35. The molecule has 1 aromatic carbocycles. The van der Waals surface area contributed by atoms with Crippen molar-refractivity contribution in [2.75, 3.05) is 0 Å². The molecule has 0 saturated heterocycles. The van der Waals surface area contributed by atoms with Crippen LogP contribution in [0.1, 0.15) is 74.4 Å². The Labute approximate surface area is 204 Å². The Balaban J connectivity index is 1.72. The van der Waals surface area contributed by atoms with Gasteiger partial charge in [-0.1, -0.05) is 12.1 Å². The highest BCUT2D eigenvalue weighted by Crippen LogP contribution is 2.31.